The van der Waals surface area contributed by atoms with Crippen LogP contribution in [0.15, 0.2) is 48.7 Å². The molecule has 0 aliphatic rings. The van der Waals surface area contributed by atoms with E-state index >= 15 is 0 Å². The van der Waals surface area contributed by atoms with Gasteiger partial charge in [-0.15, -0.1) is 12.4 Å². The Labute approximate surface area is 132 Å². The minimum absolute atomic E-state index is 0. The van der Waals surface area contributed by atoms with Gasteiger partial charge in [-0.25, -0.2) is 0 Å². The number of benzene rings is 1. The van der Waals surface area contributed by atoms with E-state index in [9.17, 15) is 4.79 Å². The van der Waals surface area contributed by atoms with Crippen molar-refractivity contribution in [3.63, 3.8) is 0 Å². The van der Waals surface area contributed by atoms with Crippen LogP contribution in [0, 0.1) is 0 Å². The van der Waals surface area contributed by atoms with Gasteiger partial charge in [0.2, 0.25) is 0 Å². The molecule has 1 amide bonds. The SMILES string of the molecule is Cl.Cn1cccc1C(=O)N(CCN)CCc1ccccc1. The van der Waals surface area contributed by atoms with Gasteiger partial charge in [0.15, 0.2) is 0 Å². The average Bonchev–Trinajstić information content (AvgIpc) is 2.90. The van der Waals surface area contributed by atoms with E-state index in [-0.39, 0.29) is 18.3 Å². The van der Waals surface area contributed by atoms with Gasteiger partial charge in [0.1, 0.15) is 5.69 Å². The molecule has 2 aromatic rings. The standard InChI is InChI=1S/C16H21N3O.ClH/c1-18-11-5-8-15(18)16(20)19(13-10-17)12-9-14-6-3-2-4-7-14;/h2-8,11H,9-10,12-13,17H2,1H3;1H. The van der Waals surface area contributed by atoms with Crippen molar-refractivity contribution in [2.45, 2.75) is 6.42 Å². The van der Waals surface area contributed by atoms with Crippen LogP contribution in [-0.4, -0.2) is 35.0 Å². The smallest absolute Gasteiger partial charge is 0.270 e. The first kappa shape index (κ1) is 17.3. The molecule has 0 fully saturated rings. The van der Waals surface area contributed by atoms with Crippen LogP contribution >= 0.6 is 12.4 Å². The Balaban J connectivity index is 0.00000220. The van der Waals surface area contributed by atoms with Crippen LogP contribution in [0.25, 0.3) is 0 Å². The van der Waals surface area contributed by atoms with E-state index in [1.807, 2.05) is 53.0 Å². The Kier molecular flexibility index (Phi) is 6.99. The fourth-order valence-electron chi connectivity index (χ4n) is 2.22. The molecule has 1 aromatic heterocycles. The molecule has 0 aliphatic carbocycles. The molecule has 1 heterocycles. The zero-order chi connectivity index (χ0) is 14.4. The summed E-state index contributed by atoms with van der Waals surface area (Å²) >= 11 is 0. The summed E-state index contributed by atoms with van der Waals surface area (Å²) in [6.07, 6.45) is 2.72. The quantitative estimate of drug-likeness (QED) is 0.888. The zero-order valence-electron chi connectivity index (χ0n) is 12.2. The highest BCUT2D eigenvalue weighted by atomic mass is 35.5. The van der Waals surface area contributed by atoms with E-state index in [0.717, 1.165) is 6.42 Å². The van der Waals surface area contributed by atoms with Crippen LogP contribution in [0.5, 0.6) is 0 Å². The number of nitrogens with two attached hydrogens (primary N) is 1. The van der Waals surface area contributed by atoms with Gasteiger partial charge in [-0.1, -0.05) is 30.3 Å². The first-order chi connectivity index (χ1) is 9.72. The minimum Gasteiger partial charge on any atom is -0.347 e. The van der Waals surface area contributed by atoms with Crippen LogP contribution in [0.1, 0.15) is 16.1 Å². The number of nitrogens with zero attached hydrogens (tertiary/aromatic N) is 2. The maximum atomic E-state index is 12.5. The molecule has 0 radical (unpaired) electrons. The first-order valence-corrected chi connectivity index (χ1v) is 6.87. The van der Waals surface area contributed by atoms with Gasteiger partial charge in [-0.3, -0.25) is 4.79 Å². The third kappa shape index (κ3) is 4.62. The summed E-state index contributed by atoms with van der Waals surface area (Å²) in [4.78, 5) is 14.3. The molecule has 0 saturated heterocycles. The van der Waals surface area contributed by atoms with Crippen molar-refractivity contribution >= 4 is 18.3 Å². The summed E-state index contributed by atoms with van der Waals surface area (Å²) in [5.74, 6) is 0.0406. The summed E-state index contributed by atoms with van der Waals surface area (Å²) in [6.45, 7) is 1.74. The third-order valence-electron chi connectivity index (χ3n) is 3.36. The highest BCUT2D eigenvalue weighted by Crippen LogP contribution is 2.07. The highest BCUT2D eigenvalue weighted by molar-refractivity contribution is 5.92. The maximum Gasteiger partial charge on any atom is 0.270 e. The van der Waals surface area contributed by atoms with Gasteiger partial charge in [-0.2, -0.15) is 0 Å². The molecule has 2 N–H and O–H groups in total. The molecule has 0 saturated carbocycles. The number of aromatic nitrogens is 1. The number of hydrogen-bond donors (Lipinski definition) is 1. The Morgan fingerprint density at radius 3 is 2.43 bits per heavy atom. The van der Waals surface area contributed by atoms with Crippen molar-refractivity contribution in [1.82, 2.24) is 9.47 Å². The Morgan fingerprint density at radius 1 is 1.14 bits per heavy atom. The molecular formula is C16H22ClN3O. The van der Waals surface area contributed by atoms with Crippen molar-refractivity contribution in [3.8, 4) is 0 Å². The van der Waals surface area contributed by atoms with Crippen molar-refractivity contribution in [1.29, 1.82) is 0 Å². The van der Waals surface area contributed by atoms with E-state index < -0.39 is 0 Å². The largest absolute Gasteiger partial charge is 0.347 e. The van der Waals surface area contributed by atoms with Gasteiger partial charge >= 0.3 is 0 Å². The lowest BCUT2D eigenvalue weighted by atomic mass is 10.1. The van der Waals surface area contributed by atoms with E-state index in [1.165, 1.54) is 5.56 Å². The number of carbonyl (C=O) groups is 1. The molecule has 4 nitrogen and oxygen atoms in total. The van der Waals surface area contributed by atoms with Crippen LogP contribution in [-0.2, 0) is 13.5 Å². The Bertz CT molecular complexity index is 554. The van der Waals surface area contributed by atoms with Crippen molar-refractivity contribution in [2.24, 2.45) is 12.8 Å². The molecule has 21 heavy (non-hydrogen) atoms. The fourth-order valence-corrected chi connectivity index (χ4v) is 2.22. The second kappa shape index (κ2) is 8.49. The van der Waals surface area contributed by atoms with Crippen molar-refractivity contribution in [2.75, 3.05) is 19.6 Å². The lowest BCUT2D eigenvalue weighted by Gasteiger charge is -2.22. The predicted octanol–water partition coefficient (Wildman–Crippen LogP) is 2.09. The summed E-state index contributed by atoms with van der Waals surface area (Å²) in [5, 5.41) is 0. The average molecular weight is 308 g/mol. The lowest BCUT2D eigenvalue weighted by molar-refractivity contribution is 0.0752. The molecule has 114 valence electrons. The highest BCUT2D eigenvalue weighted by Gasteiger charge is 2.17. The molecule has 0 bridgehead atoms. The normalized spacial score (nSPS) is 10.0. The second-order valence-corrected chi connectivity index (χ2v) is 4.82. The summed E-state index contributed by atoms with van der Waals surface area (Å²) < 4.78 is 1.84. The van der Waals surface area contributed by atoms with Crippen LogP contribution in [0.4, 0.5) is 0 Å². The van der Waals surface area contributed by atoms with Crippen LogP contribution in [0.2, 0.25) is 0 Å². The molecule has 2 rings (SSSR count). The van der Waals surface area contributed by atoms with Gasteiger partial charge < -0.3 is 15.2 Å². The number of aryl methyl sites for hydroxylation is 1. The monoisotopic (exact) mass is 307 g/mol. The molecule has 5 heteroatoms. The zero-order valence-corrected chi connectivity index (χ0v) is 13.1. The number of rotatable bonds is 6. The number of hydrogen-bond acceptors (Lipinski definition) is 2. The maximum absolute atomic E-state index is 12.5. The van der Waals surface area contributed by atoms with Gasteiger partial charge in [-0.05, 0) is 24.1 Å². The van der Waals surface area contributed by atoms with Gasteiger partial charge in [0.25, 0.3) is 5.91 Å². The van der Waals surface area contributed by atoms with E-state index in [1.54, 1.807) is 0 Å². The van der Waals surface area contributed by atoms with Gasteiger partial charge in [0.05, 0.1) is 0 Å². The molecule has 1 aromatic carbocycles. The van der Waals surface area contributed by atoms with Gasteiger partial charge in [0, 0.05) is 32.9 Å². The van der Waals surface area contributed by atoms with Crippen molar-refractivity contribution in [3.05, 3.63) is 59.9 Å². The number of carbonyl (C=O) groups excluding carboxylic acids is 1. The summed E-state index contributed by atoms with van der Waals surface area (Å²) in [7, 11) is 1.88. The third-order valence-corrected chi connectivity index (χ3v) is 3.36. The second-order valence-electron chi connectivity index (χ2n) is 4.82. The Morgan fingerprint density at radius 2 is 1.86 bits per heavy atom. The molecular weight excluding hydrogens is 286 g/mol. The molecule has 0 atom stereocenters. The Hall–Kier alpha value is -1.78. The van der Waals surface area contributed by atoms with Crippen molar-refractivity contribution < 1.29 is 4.79 Å². The minimum atomic E-state index is 0. The van der Waals surface area contributed by atoms with E-state index in [2.05, 4.69) is 12.1 Å². The lowest BCUT2D eigenvalue weighted by Crippen LogP contribution is -2.37. The first-order valence-electron chi connectivity index (χ1n) is 6.87. The molecule has 0 aliphatic heterocycles. The number of amides is 1. The fraction of sp³-hybridized carbons (Fsp3) is 0.312. The van der Waals surface area contributed by atoms with Crippen LogP contribution < -0.4 is 5.73 Å². The predicted molar refractivity (Wildman–Crippen MR) is 87.8 cm³/mol. The topological polar surface area (TPSA) is 51.3 Å². The molecule has 0 spiro atoms. The molecule has 0 unspecified atom stereocenters. The number of halogens is 1. The summed E-state index contributed by atoms with van der Waals surface area (Å²) in [6, 6.07) is 13.9. The summed E-state index contributed by atoms with van der Waals surface area (Å²) in [5.41, 5.74) is 7.56. The van der Waals surface area contributed by atoms with E-state index in [0.29, 0.717) is 25.3 Å². The van der Waals surface area contributed by atoms with E-state index in [4.69, 9.17) is 5.73 Å². The van der Waals surface area contributed by atoms with Crippen LogP contribution in [0.3, 0.4) is 0 Å².